The monoisotopic (exact) mass is 213 g/mol. The Morgan fingerprint density at radius 1 is 1.40 bits per heavy atom. The first kappa shape index (κ1) is 10.9. The Hall–Kier alpha value is -0.610. The van der Waals surface area contributed by atoms with Gasteiger partial charge in [-0.3, -0.25) is 4.79 Å². The molecule has 0 aromatic heterocycles. The number of hydrogen-bond acceptors (Lipinski definition) is 3. The summed E-state index contributed by atoms with van der Waals surface area (Å²) < 4.78 is 10.8. The molecule has 15 heavy (non-hydrogen) atoms. The summed E-state index contributed by atoms with van der Waals surface area (Å²) in [5.41, 5.74) is -0.193. The molecule has 1 unspecified atom stereocenters. The molecule has 0 aliphatic carbocycles. The van der Waals surface area contributed by atoms with Crippen molar-refractivity contribution < 1.29 is 14.3 Å². The predicted octanol–water partition coefficient (Wildman–Crippen LogP) is 0.803. The van der Waals surface area contributed by atoms with E-state index in [0.717, 1.165) is 19.4 Å². The normalized spacial score (nSPS) is 30.5. The van der Waals surface area contributed by atoms with Crippen LogP contribution in [-0.2, 0) is 14.3 Å². The van der Waals surface area contributed by atoms with Gasteiger partial charge < -0.3 is 14.4 Å². The van der Waals surface area contributed by atoms with Gasteiger partial charge in [-0.1, -0.05) is 0 Å². The van der Waals surface area contributed by atoms with Gasteiger partial charge in [-0.2, -0.15) is 0 Å². The largest absolute Gasteiger partial charge is 0.377 e. The summed E-state index contributed by atoms with van der Waals surface area (Å²) in [6.45, 7) is 6.75. The first-order valence-corrected chi connectivity index (χ1v) is 5.62. The lowest BCUT2D eigenvalue weighted by molar-refractivity contribution is -0.155. The van der Waals surface area contributed by atoms with Crippen molar-refractivity contribution in [3.8, 4) is 0 Å². The van der Waals surface area contributed by atoms with Crippen LogP contribution in [0.1, 0.15) is 26.7 Å². The van der Waals surface area contributed by atoms with Crippen molar-refractivity contribution >= 4 is 5.91 Å². The Morgan fingerprint density at radius 3 is 2.80 bits per heavy atom. The lowest BCUT2D eigenvalue weighted by Gasteiger charge is -2.43. The molecule has 0 aromatic carbocycles. The summed E-state index contributed by atoms with van der Waals surface area (Å²) in [4.78, 5) is 14.1. The molecule has 1 amide bonds. The average Bonchev–Trinajstić information content (AvgIpc) is 2.69. The molecule has 2 aliphatic heterocycles. The van der Waals surface area contributed by atoms with Crippen molar-refractivity contribution in [1.29, 1.82) is 0 Å². The van der Waals surface area contributed by atoms with E-state index >= 15 is 0 Å². The Bertz CT molecular complexity index is 246. The highest BCUT2D eigenvalue weighted by atomic mass is 16.5. The van der Waals surface area contributed by atoms with Gasteiger partial charge in [-0.15, -0.1) is 0 Å². The van der Waals surface area contributed by atoms with Crippen LogP contribution in [-0.4, -0.2) is 48.8 Å². The van der Waals surface area contributed by atoms with Crippen molar-refractivity contribution in [3.05, 3.63) is 0 Å². The van der Waals surface area contributed by atoms with Crippen LogP contribution in [0, 0.1) is 0 Å². The van der Waals surface area contributed by atoms with Gasteiger partial charge >= 0.3 is 0 Å². The second-order valence-corrected chi connectivity index (χ2v) is 4.86. The van der Waals surface area contributed by atoms with Crippen LogP contribution in [0.15, 0.2) is 0 Å². The van der Waals surface area contributed by atoms with Crippen LogP contribution in [0.5, 0.6) is 0 Å². The fourth-order valence-corrected chi connectivity index (χ4v) is 2.21. The minimum absolute atomic E-state index is 0.140. The van der Waals surface area contributed by atoms with E-state index in [4.69, 9.17) is 9.47 Å². The lowest BCUT2D eigenvalue weighted by atomic mass is 10.0. The number of morpholine rings is 1. The van der Waals surface area contributed by atoms with Crippen molar-refractivity contribution in [1.82, 2.24) is 4.90 Å². The summed E-state index contributed by atoms with van der Waals surface area (Å²) in [5.74, 6) is 0.140. The van der Waals surface area contributed by atoms with Crippen LogP contribution < -0.4 is 0 Å². The zero-order chi connectivity index (χ0) is 10.9. The molecule has 0 aromatic rings. The Labute approximate surface area is 90.5 Å². The maximum atomic E-state index is 12.2. The first-order valence-electron chi connectivity index (χ1n) is 5.62. The zero-order valence-electron chi connectivity index (χ0n) is 9.49. The average molecular weight is 213 g/mol. The minimum Gasteiger partial charge on any atom is -0.377 e. The number of amides is 1. The SMILES string of the molecule is CC1(C)COCCN1C(=O)C1CCCO1. The Kier molecular flexibility index (Phi) is 2.98. The summed E-state index contributed by atoms with van der Waals surface area (Å²) >= 11 is 0. The van der Waals surface area contributed by atoms with Gasteiger partial charge in [0.15, 0.2) is 0 Å². The van der Waals surface area contributed by atoms with E-state index in [1.807, 2.05) is 18.7 Å². The van der Waals surface area contributed by atoms with Crippen LogP contribution >= 0.6 is 0 Å². The van der Waals surface area contributed by atoms with Gasteiger partial charge in [0.2, 0.25) is 0 Å². The van der Waals surface area contributed by atoms with Crippen molar-refractivity contribution in [2.24, 2.45) is 0 Å². The highest BCUT2D eigenvalue weighted by Gasteiger charge is 2.38. The summed E-state index contributed by atoms with van der Waals surface area (Å²) in [6.07, 6.45) is 1.66. The van der Waals surface area contributed by atoms with Gasteiger partial charge in [-0.05, 0) is 26.7 Å². The molecule has 0 bridgehead atoms. The molecule has 0 spiro atoms. The third-order valence-corrected chi connectivity index (χ3v) is 3.12. The fraction of sp³-hybridized carbons (Fsp3) is 0.909. The van der Waals surface area contributed by atoms with Crippen molar-refractivity contribution in [3.63, 3.8) is 0 Å². The lowest BCUT2D eigenvalue weighted by Crippen LogP contribution is -2.57. The number of ether oxygens (including phenoxy) is 2. The second kappa shape index (κ2) is 4.10. The molecule has 2 rings (SSSR count). The molecule has 2 fully saturated rings. The molecule has 0 saturated carbocycles. The molecule has 0 N–H and O–H groups in total. The molecular weight excluding hydrogens is 194 g/mol. The molecule has 0 radical (unpaired) electrons. The quantitative estimate of drug-likeness (QED) is 0.647. The van der Waals surface area contributed by atoms with Crippen LogP contribution in [0.25, 0.3) is 0 Å². The van der Waals surface area contributed by atoms with Crippen LogP contribution in [0.2, 0.25) is 0 Å². The maximum absolute atomic E-state index is 12.2. The standard InChI is InChI=1S/C11H19NO3/c1-11(2)8-14-7-5-12(11)10(13)9-4-3-6-15-9/h9H,3-8H2,1-2H3. The second-order valence-electron chi connectivity index (χ2n) is 4.86. The van der Waals surface area contributed by atoms with E-state index in [-0.39, 0.29) is 17.6 Å². The molecule has 2 heterocycles. The Balaban J connectivity index is 2.04. The molecule has 2 saturated heterocycles. The molecule has 4 heteroatoms. The van der Waals surface area contributed by atoms with E-state index < -0.39 is 0 Å². The Morgan fingerprint density at radius 2 is 2.20 bits per heavy atom. The fourth-order valence-electron chi connectivity index (χ4n) is 2.21. The summed E-state index contributed by atoms with van der Waals surface area (Å²) in [5, 5.41) is 0. The molecule has 86 valence electrons. The van der Waals surface area contributed by atoms with E-state index in [1.54, 1.807) is 0 Å². The summed E-state index contributed by atoms with van der Waals surface area (Å²) in [7, 11) is 0. The van der Waals surface area contributed by atoms with Gasteiger partial charge in [0.1, 0.15) is 6.10 Å². The third-order valence-electron chi connectivity index (χ3n) is 3.12. The summed E-state index contributed by atoms with van der Waals surface area (Å²) in [6, 6.07) is 0. The molecular formula is C11H19NO3. The highest BCUT2D eigenvalue weighted by molar-refractivity contribution is 5.82. The van der Waals surface area contributed by atoms with Crippen LogP contribution in [0.4, 0.5) is 0 Å². The number of nitrogens with zero attached hydrogens (tertiary/aromatic N) is 1. The first-order chi connectivity index (χ1) is 7.11. The number of rotatable bonds is 1. The van der Waals surface area contributed by atoms with Crippen LogP contribution in [0.3, 0.4) is 0 Å². The van der Waals surface area contributed by atoms with E-state index in [2.05, 4.69) is 0 Å². The molecule has 2 aliphatic rings. The predicted molar refractivity (Wildman–Crippen MR) is 55.6 cm³/mol. The van der Waals surface area contributed by atoms with Gasteiger partial charge in [0.05, 0.1) is 18.8 Å². The number of hydrogen-bond donors (Lipinski definition) is 0. The molecule has 4 nitrogen and oxygen atoms in total. The highest BCUT2D eigenvalue weighted by Crippen LogP contribution is 2.23. The zero-order valence-corrected chi connectivity index (χ0v) is 9.49. The third kappa shape index (κ3) is 2.16. The smallest absolute Gasteiger partial charge is 0.252 e. The van der Waals surface area contributed by atoms with E-state index in [9.17, 15) is 4.79 Å². The van der Waals surface area contributed by atoms with E-state index in [0.29, 0.717) is 19.8 Å². The van der Waals surface area contributed by atoms with Crippen molar-refractivity contribution in [2.45, 2.75) is 38.3 Å². The minimum atomic E-state index is -0.206. The van der Waals surface area contributed by atoms with Gasteiger partial charge in [-0.25, -0.2) is 0 Å². The van der Waals surface area contributed by atoms with Gasteiger partial charge in [0.25, 0.3) is 5.91 Å². The van der Waals surface area contributed by atoms with E-state index in [1.165, 1.54) is 0 Å². The van der Waals surface area contributed by atoms with Crippen molar-refractivity contribution in [2.75, 3.05) is 26.4 Å². The maximum Gasteiger partial charge on any atom is 0.252 e. The molecule has 1 atom stereocenters. The number of carbonyl (C=O) groups is 1. The van der Waals surface area contributed by atoms with Gasteiger partial charge in [0, 0.05) is 13.2 Å². The number of carbonyl (C=O) groups excluding carboxylic acids is 1. The topological polar surface area (TPSA) is 38.8 Å².